The van der Waals surface area contributed by atoms with Crippen molar-refractivity contribution < 1.29 is 9.53 Å². The zero-order valence-electron chi connectivity index (χ0n) is 12.5. The molecule has 1 saturated heterocycles. The zero-order chi connectivity index (χ0) is 16.1. The molecule has 3 rings (SSSR count). The summed E-state index contributed by atoms with van der Waals surface area (Å²) in [5.74, 6) is 0.370. The number of rotatable bonds is 7. The fraction of sp³-hybridized carbons (Fsp3) is 0.400. The molecule has 1 aliphatic rings. The average Bonchev–Trinajstić information content (AvgIpc) is 3.23. The number of nitrogens with two attached hydrogens (primary N) is 1. The molecular formula is C15H18N4O2S2. The van der Waals surface area contributed by atoms with Gasteiger partial charge in [0.05, 0.1) is 6.10 Å². The van der Waals surface area contributed by atoms with Gasteiger partial charge in [-0.2, -0.15) is 0 Å². The molecule has 0 aliphatic carbocycles. The van der Waals surface area contributed by atoms with Crippen molar-refractivity contribution in [3.8, 4) is 0 Å². The number of anilines is 1. The van der Waals surface area contributed by atoms with Gasteiger partial charge in [0, 0.05) is 24.5 Å². The van der Waals surface area contributed by atoms with Crippen LogP contribution in [0.5, 0.6) is 0 Å². The molecule has 1 fully saturated rings. The van der Waals surface area contributed by atoms with E-state index in [0.717, 1.165) is 46.8 Å². The van der Waals surface area contributed by atoms with Crippen molar-refractivity contribution in [2.45, 2.75) is 29.0 Å². The number of ether oxygens (including phenoxy) is 1. The highest BCUT2D eigenvalue weighted by Gasteiger charge is 2.15. The van der Waals surface area contributed by atoms with Crippen LogP contribution in [0.3, 0.4) is 0 Å². The Bertz CT molecular complexity index is 654. The van der Waals surface area contributed by atoms with Gasteiger partial charge in [-0.3, -0.25) is 4.79 Å². The Hall–Kier alpha value is -1.64. The van der Waals surface area contributed by atoms with Gasteiger partial charge in [0.1, 0.15) is 0 Å². The number of aromatic nitrogens is 2. The van der Waals surface area contributed by atoms with Gasteiger partial charge >= 0.3 is 0 Å². The van der Waals surface area contributed by atoms with E-state index in [-0.39, 0.29) is 0 Å². The van der Waals surface area contributed by atoms with E-state index in [9.17, 15) is 4.79 Å². The summed E-state index contributed by atoms with van der Waals surface area (Å²) in [4.78, 5) is 11.0. The van der Waals surface area contributed by atoms with Gasteiger partial charge in [0.2, 0.25) is 11.0 Å². The first-order chi connectivity index (χ1) is 11.2. The largest absolute Gasteiger partial charge is 0.376 e. The minimum absolute atomic E-state index is 0.291. The third-order valence-electron chi connectivity index (χ3n) is 3.51. The van der Waals surface area contributed by atoms with Crippen LogP contribution in [-0.2, 0) is 10.5 Å². The average molecular weight is 350 g/mol. The van der Waals surface area contributed by atoms with Gasteiger partial charge in [-0.25, -0.2) is 0 Å². The molecule has 3 N–H and O–H groups in total. The summed E-state index contributed by atoms with van der Waals surface area (Å²) in [6.45, 7) is 1.64. The minimum Gasteiger partial charge on any atom is -0.376 e. The van der Waals surface area contributed by atoms with Crippen molar-refractivity contribution in [2.24, 2.45) is 5.73 Å². The Kier molecular flexibility index (Phi) is 5.47. The first-order valence-electron chi connectivity index (χ1n) is 7.41. The summed E-state index contributed by atoms with van der Waals surface area (Å²) >= 11 is 3.17. The molecule has 0 bridgehead atoms. The third-order valence-corrected chi connectivity index (χ3v) is 5.60. The molecule has 122 valence electrons. The summed E-state index contributed by atoms with van der Waals surface area (Å²) in [5, 5.41) is 12.4. The Morgan fingerprint density at radius 3 is 2.91 bits per heavy atom. The quantitative estimate of drug-likeness (QED) is 0.746. The van der Waals surface area contributed by atoms with Gasteiger partial charge in [0.15, 0.2) is 4.34 Å². The normalized spacial score (nSPS) is 17.3. The molecule has 1 aromatic carbocycles. The second-order valence-corrected chi connectivity index (χ2v) is 7.44. The predicted molar refractivity (Wildman–Crippen MR) is 91.9 cm³/mol. The van der Waals surface area contributed by atoms with Gasteiger partial charge in [-0.1, -0.05) is 35.2 Å². The maximum atomic E-state index is 11.0. The molecular weight excluding hydrogens is 332 g/mol. The maximum absolute atomic E-state index is 11.0. The summed E-state index contributed by atoms with van der Waals surface area (Å²) in [6, 6.07) is 7.30. The van der Waals surface area contributed by atoms with Crippen LogP contribution >= 0.6 is 23.1 Å². The highest BCUT2D eigenvalue weighted by molar-refractivity contribution is 8.00. The lowest BCUT2D eigenvalue weighted by atomic mass is 10.1. The fourth-order valence-electron chi connectivity index (χ4n) is 2.26. The SMILES string of the molecule is NC(=O)c1ccc(CSc2nnc(NCC3CCCO3)s2)cc1. The number of amides is 1. The molecule has 1 atom stereocenters. The molecule has 1 amide bonds. The molecule has 0 spiro atoms. The highest BCUT2D eigenvalue weighted by atomic mass is 32.2. The van der Waals surface area contributed by atoms with Crippen LogP contribution in [0.15, 0.2) is 28.6 Å². The number of thioether (sulfide) groups is 1. The Labute approximate surface area is 142 Å². The molecule has 0 saturated carbocycles. The molecule has 6 nitrogen and oxygen atoms in total. The number of carbonyl (C=O) groups is 1. The number of nitrogens with one attached hydrogen (secondary N) is 1. The monoisotopic (exact) mass is 350 g/mol. The standard InChI is InChI=1S/C15H18N4O2S2/c16-13(20)11-5-3-10(4-6-11)9-22-15-19-18-14(23-15)17-8-12-2-1-7-21-12/h3-6,12H,1-2,7-9H2,(H2,16,20)(H,17,18). The van der Waals surface area contributed by atoms with Gasteiger partial charge in [0.25, 0.3) is 0 Å². The first-order valence-corrected chi connectivity index (χ1v) is 9.21. The molecule has 1 aromatic heterocycles. The van der Waals surface area contributed by atoms with Crippen molar-refractivity contribution >= 4 is 34.1 Å². The van der Waals surface area contributed by atoms with Crippen molar-refractivity contribution in [3.63, 3.8) is 0 Å². The number of primary amides is 1. The smallest absolute Gasteiger partial charge is 0.248 e. The number of benzene rings is 1. The predicted octanol–water partition coefficient (Wildman–Crippen LogP) is 2.52. The summed E-state index contributed by atoms with van der Waals surface area (Å²) in [6.07, 6.45) is 2.53. The lowest BCUT2D eigenvalue weighted by Crippen LogP contribution is -2.18. The molecule has 2 aromatic rings. The number of nitrogens with zero attached hydrogens (tertiary/aromatic N) is 2. The van der Waals surface area contributed by atoms with Gasteiger partial charge < -0.3 is 15.8 Å². The van der Waals surface area contributed by atoms with Crippen LogP contribution < -0.4 is 11.1 Å². The molecule has 1 unspecified atom stereocenters. The number of carbonyl (C=O) groups excluding carboxylic acids is 1. The van der Waals surface area contributed by atoms with Crippen LogP contribution in [-0.4, -0.2) is 35.4 Å². The van der Waals surface area contributed by atoms with Crippen LogP contribution in [0.1, 0.15) is 28.8 Å². The van der Waals surface area contributed by atoms with Crippen LogP contribution in [0, 0.1) is 0 Å². The van der Waals surface area contributed by atoms with E-state index in [2.05, 4.69) is 15.5 Å². The van der Waals surface area contributed by atoms with Gasteiger partial charge in [-0.15, -0.1) is 10.2 Å². The minimum atomic E-state index is -0.407. The Morgan fingerprint density at radius 1 is 1.39 bits per heavy atom. The van der Waals surface area contributed by atoms with E-state index in [1.807, 2.05) is 12.1 Å². The second kappa shape index (κ2) is 7.76. The van der Waals surface area contributed by atoms with Crippen molar-refractivity contribution in [1.82, 2.24) is 10.2 Å². The van der Waals surface area contributed by atoms with Gasteiger partial charge in [-0.05, 0) is 30.5 Å². The van der Waals surface area contributed by atoms with E-state index in [4.69, 9.17) is 10.5 Å². The van der Waals surface area contributed by atoms with E-state index in [1.54, 1.807) is 35.2 Å². The van der Waals surface area contributed by atoms with Crippen molar-refractivity contribution in [1.29, 1.82) is 0 Å². The lowest BCUT2D eigenvalue weighted by molar-refractivity contribution is 0.1000. The fourth-order valence-corrected chi connectivity index (χ4v) is 3.97. The lowest BCUT2D eigenvalue weighted by Gasteiger charge is -2.08. The van der Waals surface area contributed by atoms with Crippen LogP contribution in [0.4, 0.5) is 5.13 Å². The molecule has 23 heavy (non-hydrogen) atoms. The first kappa shape index (κ1) is 16.2. The van der Waals surface area contributed by atoms with Crippen molar-refractivity contribution in [2.75, 3.05) is 18.5 Å². The Balaban J connectivity index is 1.47. The van der Waals surface area contributed by atoms with E-state index in [0.29, 0.717) is 11.7 Å². The molecule has 2 heterocycles. The van der Waals surface area contributed by atoms with Crippen molar-refractivity contribution in [3.05, 3.63) is 35.4 Å². The second-order valence-electron chi connectivity index (χ2n) is 5.24. The Morgan fingerprint density at radius 2 is 2.22 bits per heavy atom. The van der Waals surface area contributed by atoms with Crippen LogP contribution in [0.25, 0.3) is 0 Å². The topological polar surface area (TPSA) is 90.1 Å². The zero-order valence-corrected chi connectivity index (χ0v) is 14.2. The van der Waals surface area contributed by atoms with E-state index in [1.165, 1.54) is 0 Å². The molecule has 8 heteroatoms. The molecule has 0 radical (unpaired) electrons. The molecule has 1 aliphatic heterocycles. The summed E-state index contributed by atoms with van der Waals surface area (Å²) < 4.78 is 6.48. The maximum Gasteiger partial charge on any atom is 0.248 e. The number of hydrogen-bond acceptors (Lipinski definition) is 7. The highest BCUT2D eigenvalue weighted by Crippen LogP contribution is 2.28. The summed E-state index contributed by atoms with van der Waals surface area (Å²) in [7, 11) is 0. The van der Waals surface area contributed by atoms with Crippen LogP contribution in [0.2, 0.25) is 0 Å². The third kappa shape index (κ3) is 4.66. The van der Waals surface area contributed by atoms with E-state index < -0.39 is 5.91 Å². The van der Waals surface area contributed by atoms with E-state index >= 15 is 0 Å². The number of hydrogen-bond donors (Lipinski definition) is 2. The summed E-state index contributed by atoms with van der Waals surface area (Å²) in [5.41, 5.74) is 6.87.